The molecule has 10 rings (SSSR count). The number of nitrogens with zero attached hydrogens (tertiary/aromatic N) is 12. The summed E-state index contributed by atoms with van der Waals surface area (Å²) in [6.45, 7) is 10.9. The Morgan fingerprint density at radius 3 is 1.11 bits per heavy atom. The largest absolute Gasteiger partial charge is 0.483 e. The molecule has 0 saturated heterocycles. The Morgan fingerprint density at radius 1 is 0.474 bits per heavy atom. The fourth-order valence-electron chi connectivity index (χ4n) is 6.73. The molecule has 0 spiro atoms. The van der Waals surface area contributed by atoms with Gasteiger partial charge in [0.15, 0.2) is 11.4 Å². The summed E-state index contributed by atoms with van der Waals surface area (Å²) in [5, 5.41) is 8.42. The summed E-state index contributed by atoms with van der Waals surface area (Å²) < 4.78 is 77.1. The van der Waals surface area contributed by atoms with Crippen LogP contribution in [0.25, 0.3) is 10.6 Å². The molecule has 0 amide bonds. The van der Waals surface area contributed by atoms with Crippen molar-refractivity contribution in [1.82, 2.24) is 19.9 Å². The molecule has 0 aliphatic carbocycles. The van der Waals surface area contributed by atoms with Crippen LogP contribution in [0.4, 0.5) is 83.7 Å². The summed E-state index contributed by atoms with van der Waals surface area (Å²) in [4.78, 5) is 30.6. The second kappa shape index (κ2) is 28.5. The number of aromatic nitrogens is 4. The Hall–Kier alpha value is -7.42. The summed E-state index contributed by atoms with van der Waals surface area (Å²) in [6.07, 6.45) is -4.37. The first kappa shape index (κ1) is 59.5. The molecule has 6 aromatic carbocycles. The number of fused-ring (bicyclic) bond motifs is 2. The minimum absolute atomic E-state index is 0. The number of hydrogen-bond acceptors (Lipinski definition) is 10. The van der Waals surface area contributed by atoms with Gasteiger partial charge in [0.25, 0.3) is 0 Å². The average Bonchev–Trinajstić information content (AvgIpc) is 4.00. The average molecular weight is 1390 g/mol. The second-order valence-corrected chi connectivity index (χ2v) is 16.4. The third-order valence-corrected chi connectivity index (χ3v) is 10.3. The van der Waals surface area contributed by atoms with E-state index in [1.165, 1.54) is 0 Å². The summed E-state index contributed by atoms with van der Waals surface area (Å²) in [6, 6.07) is 59.4. The van der Waals surface area contributed by atoms with Gasteiger partial charge in [-0.3, -0.25) is 0 Å². The quantitative estimate of drug-likeness (QED) is 0.0575. The van der Waals surface area contributed by atoms with Crippen LogP contribution in [-0.4, -0.2) is 44.7 Å². The van der Waals surface area contributed by atoms with E-state index < -0.39 is 23.7 Å². The van der Waals surface area contributed by atoms with Gasteiger partial charge in [-0.05, 0) is 62.5 Å². The Labute approximate surface area is 467 Å². The molecule has 8 aromatic rings. The maximum atomic E-state index is 12.9. The zero-order valence-corrected chi connectivity index (χ0v) is 45.6. The van der Waals surface area contributed by atoms with Crippen molar-refractivity contribution in [3.05, 3.63) is 230 Å². The maximum absolute atomic E-state index is 12.9. The monoisotopic (exact) mass is 1390 g/mol. The van der Waals surface area contributed by atoms with Crippen LogP contribution in [0.3, 0.4) is 0 Å². The van der Waals surface area contributed by atoms with Crippen LogP contribution in [0.2, 0.25) is 0 Å². The Bertz CT molecular complexity index is 2810. The SMILES string of the molecule is C(=Nc1ccccc1)[N-]c1ccccc1.C(=Nc1ccccc1)[N-]c1ccccc1.CC(C)N1[CH-]N(c2[c-]cccc2)c2ncc(C(F)(F)F)nc21.CC(C)N1[CH-]N(c2[c-]cccc2)c2ncc(C(F)(F)F)nc21.[Pt].[Pt]. The molecular weight excluding hydrogens is 1340 g/mol. The van der Waals surface area contributed by atoms with Gasteiger partial charge in [-0.1, -0.05) is 134 Å². The van der Waals surface area contributed by atoms with Crippen LogP contribution in [0.5, 0.6) is 0 Å². The topological polar surface area (TPSA) is 117 Å². The van der Waals surface area contributed by atoms with E-state index in [0.717, 1.165) is 35.1 Å². The molecule has 12 nitrogen and oxygen atoms in total. The van der Waals surface area contributed by atoms with E-state index in [1.807, 2.05) is 185 Å². The predicted molar refractivity (Wildman–Crippen MR) is 281 cm³/mol. The van der Waals surface area contributed by atoms with E-state index in [1.54, 1.807) is 57.7 Å². The van der Waals surface area contributed by atoms with Crippen molar-refractivity contribution >= 4 is 70.1 Å². The molecular formula is C56H48F6N12Pt2-6. The first-order valence-corrected chi connectivity index (χ1v) is 23.0. The standard InChI is InChI=1S/2C15H13F3N4.2C13H11N2.2Pt/c2*1-10(2)21-9-22(11-6-4-3-5-7-11)13-14(21)20-12(8-19-13)15(16,17)18;2*1-3-7-12(8-4-1)14-11-15-13-9-5-2-6-10-13;;/h2*3-6,8-10H,1-2H3;2*1-11H;;/q2*-2;2*-1;;. The Kier molecular flexibility index (Phi) is 22.3. The first-order chi connectivity index (χ1) is 35.7. The van der Waals surface area contributed by atoms with Crippen molar-refractivity contribution in [3.8, 4) is 0 Å². The van der Waals surface area contributed by atoms with Crippen LogP contribution in [0, 0.1) is 25.5 Å². The van der Waals surface area contributed by atoms with Gasteiger partial charge in [0.05, 0.1) is 12.4 Å². The molecule has 0 fully saturated rings. The number of alkyl halides is 6. The van der Waals surface area contributed by atoms with E-state index in [-0.39, 0.29) is 65.8 Å². The van der Waals surface area contributed by atoms with Gasteiger partial charge < -0.3 is 40.2 Å². The van der Waals surface area contributed by atoms with Gasteiger partial charge in [-0.2, -0.15) is 87.0 Å². The maximum Gasteiger partial charge on any atom is 0.434 e. The number of benzene rings is 6. The van der Waals surface area contributed by atoms with Crippen LogP contribution in [-0.2, 0) is 54.5 Å². The van der Waals surface area contributed by atoms with Crippen LogP contribution >= 0.6 is 0 Å². The number of anilines is 6. The van der Waals surface area contributed by atoms with E-state index >= 15 is 0 Å². The molecule has 0 N–H and O–H groups in total. The first-order valence-electron chi connectivity index (χ1n) is 23.0. The van der Waals surface area contributed by atoms with Crippen molar-refractivity contribution in [1.29, 1.82) is 0 Å². The fraction of sp³-hybridized carbons (Fsp3) is 0.143. The van der Waals surface area contributed by atoms with Gasteiger partial charge >= 0.3 is 12.4 Å². The number of para-hydroxylation sites is 6. The summed E-state index contributed by atoms with van der Waals surface area (Å²) >= 11 is 0. The van der Waals surface area contributed by atoms with Crippen molar-refractivity contribution in [2.45, 2.75) is 52.1 Å². The van der Waals surface area contributed by atoms with E-state index in [0.29, 0.717) is 23.0 Å². The molecule has 76 heavy (non-hydrogen) atoms. The molecule has 2 aromatic heterocycles. The zero-order valence-electron chi connectivity index (χ0n) is 41.1. The number of rotatable bonds is 10. The van der Waals surface area contributed by atoms with E-state index in [9.17, 15) is 26.3 Å². The summed E-state index contributed by atoms with van der Waals surface area (Å²) in [7, 11) is 0. The predicted octanol–water partition coefficient (Wildman–Crippen LogP) is 15.7. The molecule has 0 atom stereocenters. The van der Waals surface area contributed by atoms with Gasteiger partial charge in [0, 0.05) is 42.1 Å². The van der Waals surface area contributed by atoms with Gasteiger partial charge in [0.1, 0.15) is 23.3 Å². The zero-order chi connectivity index (χ0) is 52.5. The van der Waals surface area contributed by atoms with Crippen LogP contribution in [0.1, 0.15) is 39.1 Å². The third kappa shape index (κ3) is 16.8. The minimum atomic E-state index is -4.52. The van der Waals surface area contributed by atoms with Crippen molar-refractivity contribution in [2.24, 2.45) is 9.98 Å². The molecule has 2 aliphatic heterocycles. The van der Waals surface area contributed by atoms with Crippen molar-refractivity contribution < 1.29 is 68.5 Å². The van der Waals surface area contributed by atoms with Crippen LogP contribution in [0.15, 0.2) is 192 Å². The molecule has 400 valence electrons. The molecule has 0 saturated carbocycles. The molecule has 2 aliphatic rings. The van der Waals surface area contributed by atoms with E-state index in [2.05, 4.69) is 52.7 Å². The number of halogens is 6. The smallest absolute Gasteiger partial charge is 0.434 e. The van der Waals surface area contributed by atoms with Crippen LogP contribution < -0.4 is 19.6 Å². The Balaban J connectivity index is 0.000000188. The summed E-state index contributed by atoms with van der Waals surface area (Å²) in [5.74, 6) is 1.12. The normalized spacial score (nSPS) is 12.6. The Morgan fingerprint density at radius 2 is 0.803 bits per heavy atom. The third-order valence-electron chi connectivity index (χ3n) is 10.3. The van der Waals surface area contributed by atoms with Crippen molar-refractivity contribution in [3.63, 3.8) is 0 Å². The molecule has 4 heterocycles. The number of hydrogen-bond donors (Lipinski definition) is 0. The fourth-order valence-corrected chi connectivity index (χ4v) is 6.73. The van der Waals surface area contributed by atoms with Crippen molar-refractivity contribution in [2.75, 3.05) is 19.6 Å². The van der Waals surface area contributed by atoms with E-state index in [4.69, 9.17) is 0 Å². The van der Waals surface area contributed by atoms with Gasteiger partial charge in [0.2, 0.25) is 0 Å². The second-order valence-electron chi connectivity index (χ2n) is 16.4. The molecule has 0 unspecified atom stereocenters. The van der Waals surface area contributed by atoms with Gasteiger partial charge in [-0.15, -0.1) is 24.7 Å². The summed E-state index contributed by atoms with van der Waals surface area (Å²) in [5.41, 5.74) is 3.05. The molecule has 20 heteroatoms. The molecule has 0 radical (unpaired) electrons. The number of aliphatic imine (C=N–C) groups is 2. The minimum Gasteiger partial charge on any atom is -0.483 e. The van der Waals surface area contributed by atoms with Gasteiger partial charge in [-0.25, -0.2) is 19.9 Å². The molecule has 0 bridgehead atoms.